The summed E-state index contributed by atoms with van der Waals surface area (Å²) in [6, 6.07) is 3.83. The van der Waals surface area contributed by atoms with E-state index in [0.717, 1.165) is 0 Å². The van der Waals surface area contributed by atoms with Crippen molar-refractivity contribution in [3.05, 3.63) is 72.3 Å². The Hall–Kier alpha value is -4.56. The van der Waals surface area contributed by atoms with Gasteiger partial charge in [-0.1, -0.05) is 30.3 Å². The normalized spacial score (nSPS) is 14.1. The summed E-state index contributed by atoms with van der Waals surface area (Å²) in [6.07, 6.45) is 5.86. The molecule has 38 heavy (non-hydrogen) atoms. The molecule has 2 heterocycles. The highest BCUT2D eigenvalue weighted by atomic mass is 16.4. The van der Waals surface area contributed by atoms with Gasteiger partial charge in [-0.15, -0.1) is 0 Å². The van der Waals surface area contributed by atoms with Gasteiger partial charge in [-0.2, -0.15) is 0 Å². The van der Waals surface area contributed by atoms with Gasteiger partial charge >= 0.3 is 5.97 Å². The monoisotopic (exact) mass is 526 g/mol. The minimum absolute atomic E-state index is 0.0280. The summed E-state index contributed by atoms with van der Waals surface area (Å²) in [5, 5.41) is 26.7. The van der Waals surface area contributed by atoms with E-state index in [1.165, 1.54) is 25.0 Å². The number of aliphatic hydroxyl groups excluding tert-OH is 1. The van der Waals surface area contributed by atoms with Gasteiger partial charge in [0.1, 0.15) is 18.1 Å². The first kappa shape index (κ1) is 28.0. The predicted molar refractivity (Wildman–Crippen MR) is 133 cm³/mol. The van der Waals surface area contributed by atoms with Crippen molar-refractivity contribution < 1.29 is 29.4 Å². The second kappa shape index (κ2) is 13.7. The summed E-state index contributed by atoms with van der Waals surface area (Å²) in [6.45, 7) is -0.758. The Morgan fingerprint density at radius 2 is 1.34 bits per heavy atom. The summed E-state index contributed by atoms with van der Waals surface area (Å²) in [5.41, 5.74) is 7.70. The lowest BCUT2D eigenvalue weighted by atomic mass is 10.0. The van der Waals surface area contributed by atoms with Crippen molar-refractivity contribution in [2.24, 2.45) is 5.73 Å². The van der Waals surface area contributed by atoms with Gasteiger partial charge in [0.25, 0.3) is 0 Å². The molecule has 0 saturated carbocycles. The van der Waals surface area contributed by atoms with Gasteiger partial charge in [0.05, 0.1) is 25.3 Å². The zero-order valence-corrected chi connectivity index (χ0v) is 20.3. The van der Waals surface area contributed by atoms with Crippen LogP contribution < -0.4 is 21.7 Å². The van der Waals surface area contributed by atoms with Gasteiger partial charge in [-0.25, -0.2) is 14.8 Å². The van der Waals surface area contributed by atoms with Crippen LogP contribution in [-0.4, -0.2) is 84.6 Å². The maximum absolute atomic E-state index is 13.2. The Kier molecular flexibility index (Phi) is 10.1. The molecule has 3 rings (SSSR count). The summed E-state index contributed by atoms with van der Waals surface area (Å²) < 4.78 is 0. The highest BCUT2D eigenvalue weighted by molar-refractivity contribution is 5.94. The van der Waals surface area contributed by atoms with E-state index >= 15 is 0 Å². The quantitative estimate of drug-likeness (QED) is 0.116. The standard InChI is InChI=1S/C24H30N8O6/c25-17(7-15-9-26-12-28-15)21(34)32-20(11-33)23(36)30-18(6-14-4-2-1-3-5-14)22(35)31-19(24(37)38)8-16-10-27-13-29-16/h1-5,9-10,12-13,17-20,33H,6-8,11,25H2,(H,26,28)(H,27,29)(H,30,36)(H,31,35)(H,32,34)(H,37,38). The van der Waals surface area contributed by atoms with Gasteiger partial charge in [0.15, 0.2) is 0 Å². The number of nitrogens with two attached hydrogens (primary N) is 1. The van der Waals surface area contributed by atoms with Gasteiger partial charge in [0.2, 0.25) is 17.7 Å². The number of hydrogen-bond acceptors (Lipinski definition) is 8. The van der Waals surface area contributed by atoms with E-state index < -0.39 is 54.5 Å². The van der Waals surface area contributed by atoms with Crippen molar-refractivity contribution in [1.82, 2.24) is 35.9 Å². The second-order valence-electron chi connectivity index (χ2n) is 8.56. The van der Waals surface area contributed by atoms with Crippen molar-refractivity contribution in [1.29, 1.82) is 0 Å². The van der Waals surface area contributed by atoms with Crippen molar-refractivity contribution in [2.75, 3.05) is 6.61 Å². The van der Waals surface area contributed by atoms with E-state index in [0.29, 0.717) is 17.0 Å². The van der Waals surface area contributed by atoms with E-state index in [1.54, 1.807) is 30.3 Å². The number of carbonyl (C=O) groups is 4. The first-order valence-corrected chi connectivity index (χ1v) is 11.8. The third-order valence-electron chi connectivity index (χ3n) is 5.66. The van der Waals surface area contributed by atoms with Crippen LogP contribution in [0.5, 0.6) is 0 Å². The molecule has 14 heteroatoms. The highest BCUT2D eigenvalue weighted by Crippen LogP contribution is 2.06. The molecule has 4 unspecified atom stereocenters. The number of nitrogens with one attached hydrogen (secondary N) is 5. The minimum atomic E-state index is -1.40. The largest absolute Gasteiger partial charge is 0.480 e. The number of amides is 3. The van der Waals surface area contributed by atoms with E-state index in [4.69, 9.17) is 5.73 Å². The fourth-order valence-corrected chi connectivity index (χ4v) is 3.62. The van der Waals surface area contributed by atoms with Crippen LogP contribution in [0.4, 0.5) is 0 Å². The number of carboxylic acid groups (broad SMARTS) is 1. The van der Waals surface area contributed by atoms with Crippen LogP contribution in [0.15, 0.2) is 55.4 Å². The molecule has 0 aliphatic rings. The number of aliphatic hydroxyl groups is 1. The number of carboxylic acids is 1. The molecule has 0 aliphatic carbocycles. The van der Waals surface area contributed by atoms with Crippen LogP contribution in [0.2, 0.25) is 0 Å². The molecule has 3 amide bonds. The molecule has 14 nitrogen and oxygen atoms in total. The first-order valence-electron chi connectivity index (χ1n) is 11.8. The lowest BCUT2D eigenvalue weighted by Gasteiger charge is -2.24. The fourth-order valence-electron chi connectivity index (χ4n) is 3.62. The molecule has 202 valence electrons. The topological polar surface area (TPSA) is 228 Å². The van der Waals surface area contributed by atoms with Crippen LogP contribution in [-0.2, 0) is 38.4 Å². The lowest BCUT2D eigenvalue weighted by Crippen LogP contribution is -2.58. The van der Waals surface area contributed by atoms with Gasteiger partial charge in [0, 0.05) is 43.0 Å². The molecular formula is C24H30N8O6. The number of aromatic amines is 2. The number of aromatic nitrogens is 4. The Bertz CT molecular complexity index is 1190. The number of hydrogen-bond donors (Lipinski definition) is 8. The van der Waals surface area contributed by atoms with Gasteiger partial charge < -0.3 is 41.9 Å². The number of nitrogens with zero attached hydrogens (tertiary/aromatic N) is 2. The molecule has 4 atom stereocenters. The predicted octanol–water partition coefficient (Wildman–Crippen LogP) is -1.98. The van der Waals surface area contributed by atoms with Gasteiger partial charge in [-0.3, -0.25) is 14.4 Å². The van der Waals surface area contributed by atoms with E-state index in [9.17, 15) is 29.4 Å². The lowest BCUT2D eigenvalue weighted by molar-refractivity contribution is -0.142. The number of rotatable bonds is 14. The Labute approximate surface area is 217 Å². The molecule has 0 fully saturated rings. The molecule has 0 aliphatic heterocycles. The summed E-state index contributed by atoms with van der Waals surface area (Å²) in [7, 11) is 0. The number of benzene rings is 1. The average molecular weight is 527 g/mol. The summed E-state index contributed by atoms with van der Waals surface area (Å²) in [5.74, 6) is -3.56. The van der Waals surface area contributed by atoms with Gasteiger partial charge in [-0.05, 0) is 5.56 Å². The molecule has 0 radical (unpaired) electrons. The fraction of sp³-hybridized carbons (Fsp3) is 0.333. The minimum Gasteiger partial charge on any atom is -0.480 e. The van der Waals surface area contributed by atoms with Crippen LogP contribution in [0, 0.1) is 0 Å². The summed E-state index contributed by atoms with van der Waals surface area (Å²) >= 11 is 0. The van der Waals surface area contributed by atoms with Crippen molar-refractivity contribution in [3.63, 3.8) is 0 Å². The molecule has 3 aromatic rings. The first-order chi connectivity index (χ1) is 18.3. The highest BCUT2D eigenvalue weighted by Gasteiger charge is 2.30. The Balaban J connectivity index is 1.69. The zero-order valence-electron chi connectivity index (χ0n) is 20.3. The molecule has 0 spiro atoms. The molecule has 0 saturated heterocycles. The Morgan fingerprint density at radius 1 is 0.789 bits per heavy atom. The smallest absolute Gasteiger partial charge is 0.326 e. The van der Waals surface area contributed by atoms with Crippen molar-refractivity contribution >= 4 is 23.7 Å². The maximum Gasteiger partial charge on any atom is 0.326 e. The average Bonchev–Trinajstić information content (AvgIpc) is 3.61. The second-order valence-corrected chi connectivity index (χ2v) is 8.56. The van der Waals surface area contributed by atoms with Crippen molar-refractivity contribution in [3.8, 4) is 0 Å². The third kappa shape index (κ3) is 8.25. The number of imidazole rings is 2. The molecule has 9 N–H and O–H groups in total. The van der Waals surface area contributed by atoms with Crippen LogP contribution in [0.25, 0.3) is 0 Å². The maximum atomic E-state index is 13.2. The SMILES string of the molecule is NC(Cc1cnc[nH]1)C(=O)NC(CO)C(=O)NC(Cc1ccccc1)C(=O)NC(Cc1cnc[nH]1)C(=O)O. The number of carbonyl (C=O) groups excluding carboxylic acids is 3. The van der Waals surface area contributed by atoms with Crippen LogP contribution >= 0.6 is 0 Å². The number of H-pyrrole nitrogens is 2. The molecule has 1 aromatic carbocycles. The van der Waals surface area contributed by atoms with Crippen LogP contribution in [0.1, 0.15) is 17.0 Å². The molecular weight excluding hydrogens is 496 g/mol. The molecule has 2 aromatic heterocycles. The van der Waals surface area contributed by atoms with E-state index in [1.807, 2.05) is 0 Å². The van der Waals surface area contributed by atoms with Crippen LogP contribution in [0.3, 0.4) is 0 Å². The molecule has 0 bridgehead atoms. The zero-order chi connectivity index (χ0) is 27.5. The van der Waals surface area contributed by atoms with Crippen molar-refractivity contribution in [2.45, 2.75) is 43.4 Å². The Morgan fingerprint density at radius 3 is 1.89 bits per heavy atom. The summed E-state index contributed by atoms with van der Waals surface area (Å²) in [4.78, 5) is 63.7. The number of aliphatic carboxylic acids is 1. The third-order valence-corrected chi connectivity index (χ3v) is 5.66. The van der Waals surface area contributed by atoms with E-state index in [2.05, 4.69) is 35.9 Å². The van der Waals surface area contributed by atoms with E-state index in [-0.39, 0.29) is 19.3 Å².